The van der Waals surface area contributed by atoms with Gasteiger partial charge in [-0.1, -0.05) is 0 Å². The fraction of sp³-hybridized carbons (Fsp3) is 0.929. The summed E-state index contributed by atoms with van der Waals surface area (Å²) in [7, 11) is 2.10. The summed E-state index contributed by atoms with van der Waals surface area (Å²) < 4.78 is 10.7. The molecule has 2 aliphatic rings. The Balaban J connectivity index is 1.84. The van der Waals surface area contributed by atoms with Crippen molar-refractivity contribution in [3.8, 4) is 0 Å². The summed E-state index contributed by atoms with van der Waals surface area (Å²) in [6.07, 6.45) is 5.01. The molecule has 0 bridgehead atoms. The van der Waals surface area contributed by atoms with Crippen LogP contribution >= 0.6 is 0 Å². The molecule has 0 aromatic heterocycles. The molecular formula is C14H26N2O3. The zero-order valence-corrected chi connectivity index (χ0v) is 12.1. The summed E-state index contributed by atoms with van der Waals surface area (Å²) in [5.41, 5.74) is 5.41. The zero-order chi connectivity index (χ0) is 13.9. The van der Waals surface area contributed by atoms with E-state index < -0.39 is 5.54 Å². The van der Waals surface area contributed by atoms with Gasteiger partial charge in [-0.15, -0.1) is 0 Å². The van der Waals surface area contributed by atoms with Gasteiger partial charge in [0.15, 0.2) is 0 Å². The SMILES string of the molecule is CCOC(=O)C1(N)CCC(N(C)CC2CCCO2)C1. The summed E-state index contributed by atoms with van der Waals surface area (Å²) in [5, 5.41) is 0. The van der Waals surface area contributed by atoms with Crippen LogP contribution in [0.3, 0.4) is 0 Å². The van der Waals surface area contributed by atoms with Crippen molar-refractivity contribution in [1.82, 2.24) is 4.90 Å². The maximum Gasteiger partial charge on any atom is 0.326 e. The Morgan fingerprint density at radius 2 is 2.32 bits per heavy atom. The van der Waals surface area contributed by atoms with Gasteiger partial charge in [0, 0.05) is 19.2 Å². The highest BCUT2D eigenvalue weighted by molar-refractivity contribution is 5.81. The van der Waals surface area contributed by atoms with E-state index in [1.165, 1.54) is 0 Å². The van der Waals surface area contributed by atoms with E-state index in [1.54, 1.807) is 0 Å². The van der Waals surface area contributed by atoms with Gasteiger partial charge in [-0.2, -0.15) is 0 Å². The summed E-state index contributed by atoms with van der Waals surface area (Å²) in [6.45, 7) is 4.03. The molecular weight excluding hydrogens is 244 g/mol. The van der Waals surface area contributed by atoms with Gasteiger partial charge in [0.25, 0.3) is 0 Å². The summed E-state index contributed by atoms with van der Waals surface area (Å²) >= 11 is 0. The lowest BCUT2D eigenvalue weighted by Crippen LogP contribution is -2.48. The van der Waals surface area contributed by atoms with E-state index >= 15 is 0 Å². The number of hydrogen-bond acceptors (Lipinski definition) is 5. The van der Waals surface area contributed by atoms with E-state index in [2.05, 4.69) is 11.9 Å². The molecule has 1 heterocycles. The molecule has 0 aromatic carbocycles. The van der Waals surface area contributed by atoms with Crippen LogP contribution in [0.25, 0.3) is 0 Å². The maximum atomic E-state index is 11.9. The smallest absolute Gasteiger partial charge is 0.326 e. The van der Waals surface area contributed by atoms with Gasteiger partial charge in [-0.25, -0.2) is 0 Å². The molecule has 110 valence electrons. The van der Waals surface area contributed by atoms with Crippen LogP contribution in [0.1, 0.15) is 39.0 Å². The van der Waals surface area contributed by atoms with Gasteiger partial charge >= 0.3 is 5.97 Å². The van der Waals surface area contributed by atoms with Crippen LogP contribution in [-0.2, 0) is 14.3 Å². The Bertz CT molecular complexity index is 318. The summed E-state index contributed by atoms with van der Waals surface area (Å²) in [5.74, 6) is -0.247. The molecule has 1 saturated carbocycles. The van der Waals surface area contributed by atoms with Gasteiger partial charge < -0.3 is 20.1 Å². The normalized spacial score (nSPS) is 34.9. The number of esters is 1. The second-order valence-electron chi connectivity index (χ2n) is 5.85. The monoisotopic (exact) mass is 270 g/mol. The molecule has 1 saturated heterocycles. The topological polar surface area (TPSA) is 64.8 Å². The molecule has 2 fully saturated rings. The predicted molar refractivity (Wildman–Crippen MR) is 72.8 cm³/mol. The van der Waals surface area contributed by atoms with E-state index in [0.29, 0.717) is 31.6 Å². The van der Waals surface area contributed by atoms with E-state index in [9.17, 15) is 4.79 Å². The molecule has 3 unspecified atom stereocenters. The van der Waals surface area contributed by atoms with Crippen LogP contribution in [0.5, 0.6) is 0 Å². The number of likely N-dealkylation sites (N-methyl/N-ethyl adjacent to an activating group) is 1. The first kappa shape index (κ1) is 14.8. The Hall–Kier alpha value is -0.650. The molecule has 0 amide bonds. The third kappa shape index (κ3) is 3.46. The van der Waals surface area contributed by atoms with Crippen molar-refractivity contribution in [2.24, 2.45) is 5.73 Å². The van der Waals surface area contributed by atoms with Crippen molar-refractivity contribution in [3.05, 3.63) is 0 Å². The Morgan fingerprint density at radius 3 is 2.95 bits per heavy atom. The van der Waals surface area contributed by atoms with Crippen molar-refractivity contribution < 1.29 is 14.3 Å². The van der Waals surface area contributed by atoms with Crippen LogP contribution in [0.2, 0.25) is 0 Å². The van der Waals surface area contributed by atoms with Crippen molar-refractivity contribution >= 4 is 5.97 Å². The molecule has 19 heavy (non-hydrogen) atoms. The number of rotatable bonds is 5. The summed E-state index contributed by atoms with van der Waals surface area (Å²) in [4.78, 5) is 14.2. The van der Waals surface area contributed by atoms with E-state index in [0.717, 1.165) is 32.4 Å². The molecule has 0 aromatic rings. The number of nitrogens with zero attached hydrogens (tertiary/aromatic N) is 1. The van der Waals surface area contributed by atoms with Gasteiger partial charge in [0.2, 0.25) is 0 Å². The Kier molecular flexibility index (Phi) is 4.81. The molecule has 0 spiro atoms. The van der Waals surface area contributed by atoms with Crippen molar-refractivity contribution in [3.63, 3.8) is 0 Å². The predicted octanol–water partition coefficient (Wildman–Crippen LogP) is 0.910. The van der Waals surface area contributed by atoms with Crippen LogP contribution in [0, 0.1) is 0 Å². The van der Waals surface area contributed by atoms with Gasteiger partial charge in [-0.05, 0) is 46.1 Å². The summed E-state index contributed by atoms with van der Waals surface area (Å²) in [6, 6.07) is 0.360. The van der Waals surface area contributed by atoms with Crippen LogP contribution in [-0.4, -0.2) is 55.4 Å². The Morgan fingerprint density at radius 1 is 1.53 bits per heavy atom. The second kappa shape index (κ2) is 6.20. The first-order valence-electron chi connectivity index (χ1n) is 7.33. The molecule has 5 heteroatoms. The quantitative estimate of drug-likeness (QED) is 0.752. The lowest BCUT2D eigenvalue weighted by Gasteiger charge is -2.28. The third-order valence-electron chi connectivity index (χ3n) is 4.34. The standard InChI is InChI=1S/C14H26N2O3/c1-3-18-13(17)14(15)7-6-11(9-14)16(2)10-12-5-4-8-19-12/h11-12H,3-10,15H2,1-2H3. The first-order valence-corrected chi connectivity index (χ1v) is 7.33. The van der Waals surface area contributed by atoms with Crippen molar-refractivity contribution in [1.29, 1.82) is 0 Å². The Labute approximate surface area is 115 Å². The minimum atomic E-state index is -0.786. The fourth-order valence-corrected chi connectivity index (χ4v) is 3.14. The van der Waals surface area contributed by atoms with Crippen LogP contribution < -0.4 is 5.73 Å². The molecule has 3 atom stereocenters. The average Bonchev–Trinajstić information content (AvgIpc) is 3.00. The number of hydrogen-bond donors (Lipinski definition) is 1. The molecule has 5 nitrogen and oxygen atoms in total. The highest BCUT2D eigenvalue weighted by Gasteiger charge is 2.44. The average molecular weight is 270 g/mol. The second-order valence-corrected chi connectivity index (χ2v) is 5.85. The number of ether oxygens (including phenoxy) is 2. The molecule has 2 N–H and O–H groups in total. The minimum Gasteiger partial charge on any atom is -0.465 e. The number of carbonyl (C=O) groups excluding carboxylic acids is 1. The van der Waals surface area contributed by atoms with Crippen LogP contribution in [0.4, 0.5) is 0 Å². The lowest BCUT2D eigenvalue weighted by atomic mass is 9.99. The first-order chi connectivity index (χ1) is 9.05. The van der Waals surface area contributed by atoms with Gasteiger partial charge in [-0.3, -0.25) is 4.79 Å². The minimum absolute atomic E-state index is 0.247. The van der Waals surface area contributed by atoms with Crippen LogP contribution in [0.15, 0.2) is 0 Å². The molecule has 0 radical (unpaired) electrons. The van der Waals surface area contributed by atoms with Crippen molar-refractivity contribution in [2.45, 2.75) is 56.7 Å². The van der Waals surface area contributed by atoms with Gasteiger partial charge in [0.05, 0.1) is 12.7 Å². The number of carbonyl (C=O) groups is 1. The fourth-order valence-electron chi connectivity index (χ4n) is 3.14. The van der Waals surface area contributed by atoms with Crippen molar-refractivity contribution in [2.75, 3.05) is 26.8 Å². The lowest BCUT2D eigenvalue weighted by molar-refractivity contribution is -0.149. The highest BCUT2D eigenvalue weighted by Crippen LogP contribution is 2.32. The number of nitrogens with two attached hydrogens (primary N) is 1. The van der Waals surface area contributed by atoms with Gasteiger partial charge in [0.1, 0.15) is 5.54 Å². The highest BCUT2D eigenvalue weighted by atomic mass is 16.5. The van der Waals surface area contributed by atoms with E-state index in [1.807, 2.05) is 6.92 Å². The third-order valence-corrected chi connectivity index (χ3v) is 4.34. The zero-order valence-electron chi connectivity index (χ0n) is 12.1. The molecule has 2 rings (SSSR count). The maximum absolute atomic E-state index is 11.9. The molecule has 1 aliphatic carbocycles. The van der Waals surface area contributed by atoms with E-state index in [-0.39, 0.29) is 5.97 Å². The molecule has 1 aliphatic heterocycles. The van der Waals surface area contributed by atoms with E-state index in [4.69, 9.17) is 15.2 Å². The largest absolute Gasteiger partial charge is 0.465 e.